The summed E-state index contributed by atoms with van der Waals surface area (Å²) < 4.78 is 4.60. The number of nitrogens with one attached hydrogen (secondary N) is 1. The minimum absolute atomic E-state index is 0.0485. The molecule has 1 amide bonds. The molecule has 0 aliphatic carbocycles. The van der Waals surface area contributed by atoms with E-state index in [2.05, 4.69) is 28.8 Å². The average molecular weight is 212 g/mol. The summed E-state index contributed by atoms with van der Waals surface area (Å²) in [4.78, 5) is 11.3. The van der Waals surface area contributed by atoms with Gasteiger partial charge in [0.25, 0.3) is 5.91 Å². The first-order valence-corrected chi connectivity index (χ1v) is 5.20. The Morgan fingerprint density at radius 1 is 1.67 bits per heavy atom. The topological polar surface area (TPSA) is 71.7 Å². The molecule has 1 aromatic heterocycles. The fraction of sp³-hybridized carbons (Fsp3) is 0.600. The van der Waals surface area contributed by atoms with Crippen LogP contribution in [0.1, 0.15) is 20.3 Å². The van der Waals surface area contributed by atoms with Gasteiger partial charge in [-0.25, -0.2) is 0 Å². The Labute approximate surface area is 89.2 Å². The van der Waals surface area contributed by atoms with Crippen LogP contribution in [0.25, 0.3) is 0 Å². The normalized spacial score (nSPS) is 10.6. The lowest BCUT2D eigenvalue weighted by atomic mass is 10.1. The highest BCUT2D eigenvalue weighted by Gasteiger charge is 2.06. The predicted octanol–water partition coefficient (Wildman–Crippen LogP) is 0.223. The maximum Gasteiger partial charge on any atom is 0.280 e. The molecule has 3 N–H and O–H groups in total. The number of hydrogen-bond donors (Lipinski definition) is 2. The number of nitrogens with zero attached hydrogens (tertiary/aromatic N) is 1. The molecule has 0 fully saturated rings. The first kappa shape index (κ1) is 11.7. The number of rotatable bonds is 6. The van der Waals surface area contributed by atoms with E-state index in [4.69, 9.17) is 0 Å². The molecular formula is C10H18N3O2+. The fourth-order valence-electron chi connectivity index (χ4n) is 1.16. The van der Waals surface area contributed by atoms with Crippen LogP contribution in [-0.2, 0) is 4.79 Å². The van der Waals surface area contributed by atoms with E-state index in [9.17, 15) is 4.79 Å². The van der Waals surface area contributed by atoms with E-state index >= 15 is 0 Å². The van der Waals surface area contributed by atoms with Gasteiger partial charge in [0, 0.05) is 6.07 Å². The van der Waals surface area contributed by atoms with Crippen LogP contribution in [0.3, 0.4) is 0 Å². The largest absolute Gasteiger partial charge is 0.363 e. The summed E-state index contributed by atoms with van der Waals surface area (Å²) in [7, 11) is 0. The predicted molar refractivity (Wildman–Crippen MR) is 56.2 cm³/mol. The quantitative estimate of drug-likeness (QED) is 0.663. The molecule has 1 heterocycles. The molecule has 0 spiro atoms. The molecule has 1 rings (SSSR count). The summed E-state index contributed by atoms with van der Waals surface area (Å²) in [5.74, 6) is 1.10. The van der Waals surface area contributed by atoms with Gasteiger partial charge in [-0.15, -0.1) is 0 Å². The zero-order valence-corrected chi connectivity index (χ0v) is 9.19. The van der Waals surface area contributed by atoms with Crippen molar-refractivity contribution in [2.24, 2.45) is 5.92 Å². The van der Waals surface area contributed by atoms with Crippen molar-refractivity contribution in [3.05, 3.63) is 12.3 Å². The highest BCUT2D eigenvalue weighted by molar-refractivity contribution is 5.90. The average Bonchev–Trinajstić information content (AvgIpc) is 2.64. The van der Waals surface area contributed by atoms with Crippen LogP contribution >= 0.6 is 0 Å². The standard InChI is InChI=1S/C10H17N3O2/c1-8(2)3-5-11-7-10(14)12-9-4-6-15-13-9/h4,6,8,11H,3,5,7H2,1-2H3,(H,12,13,14)/p+1. The highest BCUT2D eigenvalue weighted by Crippen LogP contribution is 1.99. The van der Waals surface area contributed by atoms with E-state index in [1.54, 1.807) is 6.07 Å². The second kappa shape index (κ2) is 6.19. The van der Waals surface area contributed by atoms with Gasteiger partial charge in [0.2, 0.25) is 0 Å². The van der Waals surface area contributed by atoms with Crippen molar-refractivity contribution < 1.29 is 14.6 Å². The number of amides is 1. The number of carbonyl (C=O) groups excluding carboxylic acids is 1. The molecular weight excluding hydrogens is 194 g/mol. The number of hydrogen-bond acceptors (Lipinski definition) is 3. The number of nitrogens with two attached hydrogens (primary N) is 1. The molecule has 0 aliphatic rings. The Bertz CT molecular complexity index is 283. The van der Waals surface area contributed by atoms with Crippen molar-refractivity contribution in [2.45, 2.75) is 20.3 Å². The van der Waals surface area contributed by atoms with E-state index in [1.807, 2.05) is 5.32 Å². The van der Waals surface area contributed by atoms with Gasteiger partial charge in [-0.2, -0.15) is 0 Å². The summed E-state index contributed by atoms with van der Waals surface area (Å²) in [6.07, 6.45) is 2.55. The van der Waals surface area contributed by atoms with Crippen LogP contribution in [0.15, 0.2) is 16.9 Å². The SMILES string of the molecule is CC(C)CC[NH2+]CC(=O)Nc1ccon1. The van der Waals surface area contributed by atoms with Crippen molar-refractivity contribution >= 4 is 11.7 Å². The number of aromatic nitrogens is 1. The second-order valence-electron chi connectivity index (χ2n) is 3.90. The number of carbonyl (C=O) groups is 1. The summed E-state index contributed by atoms with van der Waals surface area (Å²) in [6.45, 7) is 5.75. The van der Waals surface area contributed by atoms with Crippen LogP contribution in [0.2, 0.25) is 0 Å². The maximum atomic E-state index is 11.3. The Kier molecular flexibility index (Phi) is 4.83. The van der Waals surface area contributed by atoms with Crippen LogP contribution in [0.5, 0.6) is 0 Å². The maximum absolute atomic E-state index is 11.3. The third-order valence-corrected chi connectivity index (χ3v) is 1.98. The fourth-order valence-corrected chi connectivity index (χ4v) is 1.16. The number of anilines is 1. The number of quaternary nitrogens is 1. The molecule has 0 saturated carbocycles. The van der Waals surface area contributed by atoms with Gasteiger partial charge < -0.3 is 15.2 Å². The second-order valence-corrected chi connectivity index (χ2v) is 3.90. The van der Waals surface area contributed by atoms with Gasteiger partial charge in [-0.05, 0) is 12.3 Å². The Balaban J connectivity index is 2.09. The van der Waals surface area contributed by atoms with Gasteiger partial charge in [-0.1, -0.05) is 19.0 Å². The van der Waals surface area contributed by atoms with Gasteiger partial charge in [0.05, 0.1) is 6.54 Å². The van der Waals surface area contributed by atoms with Crippen molar-refractivity contribution in [1.82, 2.24) is 5.16 Å². The van der Waals surface area contributed by atoms with Crippen molar-refractivity contribution in [1.29, 1.82) is 0 Å². The van der Waals surface area contributed by atoms with Crippen LogP contribution < -0.4 is 10.6 Å². The molecule has 0 bridgehead atoms. The Morgan fingerprint density at radius 2 is 2.47 bits per heavy atom. The van der Waals surface area contributed by atoms with E-state index in [0.717, 1.165) is 13.0 Å². The van der Waals surface area contributed by atoms with Crippen molar-refractivity contribution in [3.63, 3.8) is 0 Å². The molecule has 0 aromatic carbocycles. The molecule has 0 aliphatic heterocycles. The van der Waals surface area contributed by atoms with Gasteiger partial charge in [0.1, 0.15) is 6.26 Å². The van der Waals surface area contributed by atoms with Crippen LogP contribution in [0.4, 0.5) is 5.82 Å². The van der Waals surface area contributed by atoms with Crippen LogP contribution in [-0.4, -0.2) is 24.2 Å². The molecule has 0 radical (unpaired) electrons. The zero-order valence-electron chi connectivity index (χ0n) is 9.19. The van der Waals surface area contributed by atoms with E-state index in [-0.39, 0.29) is 5.91 Å². The summed E-state index contributed by atoms with van der Waals surface area (Å²) >= 11 is 0. The first-order valence-electron chi connectivity index (χ1n) is 5.20. The molecule has 0 saturated heterocycles. The van der Waals surface area contributed by atoms with Crippen molar-refractivity contribution in [3.8, 4) is 0 Å². The van der Waals surface area contributed by atoms with Crippen LogP contribution in [0, 0.1) is 5.92 Å². The lowest BCUT2D eigenvalue weighted by molar-refractivity contribution is -0.644. The molecule has 1 aromatic rings. The summed E-state index contributed by atoms with van der Waals surface area (Å²) in [5.41, 5.74) is 0. The molecule has 15 heavy (non-hydrogen) atoms. The van der Waals surface area contributed by atoms with Gasteiger partial charge in [-0.3, -0.25) is 4.79 Å². The third-order valence-electron chi connectivity index (χ3n) is 1.98. The van der Waals surface area contributed by atoms with E-state index in [1.165, 1.54) is 6.26 Å². The summed E-state index contributed by atoms with van der Waals surface area (Å²) in [5, 5.41) is 8.22. The summed E-state index contributed by atoms with van der Waals surface area (Å²) in [6, 6.07) is 1.62. The minimum atomic E-state index is -0.0485. The molecule has 5 heteroatoms. The molecule has 0 atom stereocenters. The Hall–Kier alpha value is -1.36. The molecule has 84 valence electrons. The lowest BCUT2D eigenvalue weighted by Gasteiger charge is -2.03. The Morgan fingerprint density at radius 3 is 3.07 bits per heavy atom. The minimum Gasteiger partial charge on any atom is -0.363 e. The molecule has 0 unspecified atom stereocenters. The highest BCUT2D eigenvalue weighted by atomic mass is 16.5. The first-order chi connectivity index (χ1) is 7.18. The van der Waals surface area contributed by atoms with Crippen molar-refractivity contribution in [2.75, 3.05) is 18.4 Å². The van der Waals surface area contributed by atoms with E-state index in [0.29, 0.717) is 18.3 Å². The zero-order chi connectivity index (χ0) is 11.1. The lowest BCUT2D eigenvalue weighted by Crippen LogP contribution is -2.86. The third kappa shape index (κ3) is 5.17. The monoisotopic (exact) mass is 212 g/mol. The van der Waals surface area contributed by atoms with Gasteiger partial charge >= 0.3 is 0 Å². The van der Waals surface area contributed by atoms with E-state index < -0.39 is 0 Å². The molecule has 5 nitrogen and oxygen atoms in total. The smallest absolute Gasteiger partial charge is 0.280 e. The van der Waals surface area contributed by atoms with Gasteiger partial charge in [0.15, 0.2) is 12.4 Å².